The molecule has 1 aliphatic heterocycles. The van der Waals surface area contributed by atoms with E-state index in [1.165, 1.54) is 17.6 Å². The summed E-state index contributed by atoms with van der Waals surface area (Å²) in [6.07, 6.45) is 3.10. The molecule has 0 aliphatic carbocycles. The lowest BCUT2D eigenvalue weighted by Gasteiger charge is -1.98. The summed E-state index contributed by atoms with van der Waals surface area (Å²) in [6.45, 7) is 0.202. The second-order valence-corrected chi connectivity index (χ2v) is 4.21. The summed E-state index contributed by atoms with van der Waals surface area (Å²) in [5, 5.41) is 5.59. The van der Waals surface area contributed by atoms with Crippen molar-refractivity contribution in [1.82, 2.24) is 9.59 Å². The minimum absolute atomic E-state index is 0.110. The summed E-state index contributed by atoms with van der Waals surface area (Å²) >= 11 is 1.24. The molecule has 3 rings (SSSR count). The molecular weight excluding hydrogens is 252 g/mol. The zero-order chi connectivity index (χ0) is 12.4. The van der Waals surface area contributed by atoms with Gasteiger partial charge in [0.15, 0.2) is 17.3 Å². The van der Waals surface area contributed by atoms with Gasteiger partial charge in [-0.3, -0.25) is 4.79 Å². The van der Waals surface area contributed by atoms with Crippen LogP contribution >= 0.6 is 11.5 Å². The predicted octanol–water partition coefficient (Wildman–Crippen LogP) is 2.16. The maximum Gasteiger partial charge on any atom is 0.231 e. The molecule has 5 nitrogen and oxygen atoms in total. The number of hydrogen-bond donors (Lipinski definition) is 0. The molecule has 0 N–H and O–H groups in total. The zero-order valence-corrected chi connectivity index (χ0v) is 10.0. The van der Waals surface area contributed by atoms with Crippen LogP contribution in [-0.2, 0) is 0 Å². The van der Waals surface area contributed by atoms with E-state index >= 15 is 0 Å². The largest absolute Gasteiger partial charge is 0.454 e. The molecule has 1 aromatic carbocycles. The van der Waals surface area contributed by atoms with Gasteiger partial charge in [-0.2, -0.15) is 0 Å². The van der Waals surface area contributed by atoms with Crippen LogP contribution in [0.3, 0.4) is 0 Å². The Labute approximate surface area is 107 Å². The van der Waals surface area contributed by atoms with Crippen molar-refractivity contribution in [2.24, 2.45) is 0 Å². The summed E-state index contributed by atoms with van der Waals surface area (Å²) in [5.41, 5.74) is 1.23. The predicted molar refractivity (Wildman–Crippen MR) is 65.8 cm³/mol. The number of rotatable bonds is 3. The lowest BCUT2D eigenvalue weighted by atomic mass is 10.1. The average Bonchev–Trinajstić information content (AvgIpc) is 3.05. The third kappa shape index (κ3) is 2.10. The summed E-state index contributed by atoms with van der Waals surface area (Å²) in [4.78, 5) is 11.9. The van der Waals surface area contributed by atoms with Gasteiger partial charge >= 0.3 is 0 Å². The number of aromatic nitrogens is 2. The number of nitrogens with zero attached hydrogens (tertiary/aromatic N) is 2. The van der Waals surface area contributed by atoms with Gasteiger partial charge in [-0.25, -0.2) is 0 Å². The molecule has 0 bridgehead atoms. The van der Waals surface area contributed by atoms with E-state index in [1.807, 2.05) is 0 Å². The average molecular weight is 260 g/mol. The lowest BCUT2D eigenvalue weighted by Crippen LogP contribution is -1.94. The standard InChI is InChI=1S/C12H8N2O3S/c15-10(3-2-9-6-18-14-13-9)8-1-4-11-12(5-8)17-7-16-11/h1-6H,7H2. The quantitative estimate of drug-likeness (QED) is 0.625. The van der Waals surface area contributed by atoms with E-state index in [9.17, 15) is 4.79 Å². The molecule has 0 spiro atoms. The number of allylic oxidation sites excluding steroid dienone is 1. The van der Waals surface area contributed by atoms with Gasteiger partial charge in [0.1, 0.15) is 0 Å². The molecule has 2 aromatic rings. The first-order chi connectivity index (χ1) is 8.83. The molecule has 0 radical (unpaired) electrons. The van der Waals surface area contributed by atoms with Crippen LogP contribution in [0.5, 0.6) is 11.5 Å². The molecule has 18 heavy (non-hydrogen) atoms. The Balaban J connectivity index is 1.80. The van der Waals surface area contributed by atoms with Gasteiger partial charge in [-0.05, 0) is 41.9 Å². The van der Waals surface area contributed by atoms with Crippen molar-refractivity contribution in [3.8, 4) is 11.5 Å². The smallest absolute Gasteiger partial charge is 0.231 e. The molecule has 0 saturated heterocycles. The van der Waals surface area contributed by atoms with E-state index in [0.29, 0.717) is 22.8 Å². The molecule has 1 aromatic heterocycles. The van der Waals surface area contributed by atoms with Crippen LogP contribution in [0.1, 0.15) is 16.1 Å². The van der Waals surface area contributed by atoms with E-state index in [4.69, 9.17) is 9.47 Å². The number of ether oxygens (including phenoxy) is 2. The fourth-order valence-electron chi connectivity index (χ4n) is 1.55. The number of benzene rings is 1. The molecule has 0 atom stereocenters. The molecule has 1 aliphatic rings. The highest BCUT2D eigenvalue weighted by atomic mass is 32.1. The molecule has 0 amide bonds. The Bertz CT molecular complexity index is 608. The Morgan fingerprint density at radius 1 is 1.33 bits per heavy atom. The van der Waals surface area contributed by atoms with Crippen LogP contribution in [0.15, 0.2) is 29.7 Å². The zero-order valence-electron chi connectivity index (χ0n) is 9.20. The molecule has 2 heterocycles. The number of carbonyl (C=O) groups excluding carboxylic acids is 1. The Hall–Kier alpha value is -2.21. The SMILES string of the molecule is O=C(C=Cc1csnn1)c1ccc2c(c1)OCO2. The minimum Gasteiger partial charge on any atom is -0.454 e. The summed E-state index contributed by atoms with van der Waals surface area (Å²) in [6, 6.07) is 5.11. The maximum atomic E-state index is 11.9. The second-order valence-electron chi connectivity index (χ2n) is 3.60. The lowest BCUT2D eigenvalue weighted by molar-refractivity contribution is 0.104. The first kappa shape index (κ1) is 10.9. The van der Waals surface area contributed by atoms with E-state index < -0.39 is 0 Å². The van der Waals surface area contributed by atoms with Gasteiger partial charge in [-0.1, -0.05) is 4.49 Å². The molecular formula is C12H8N2O3S. The van der Waals surface area contributed by atoms with Crippen molar-refractivity contribution in [3.05, 3.63) is 40.9 Å². The summed E-state index contributed by atoms with van der Waals surface area (Å²) < 4.78 is 14.1. The van der Waals surface area contributed by atoms with Crippen molar-refractivity contribution in [3.63, 3.8) is 0 Å². The highest BCUT2D eigenvalue weighted by Gasteiger charge is 2.14. The normalized spacial score (nSPS) is 13.1. The highest BCUT2D eigenvalue weighted by Crippen LogP contribution is 2.32. The van der Waals surface area contributed by atoms with Crippen LogP contribution in [0.25, 0.3) is 6.08 Å². The van der Waals surface area contributed by atoms with E-state index in [-0.39, 0.29) is 12.6 Å². The van der Waals surface area contributed by atoms with E-state index in [0.717, 1.165) is 0 Å². The number of hydrogen-bond acceptors (Lipinski definition) is 6. The van der Waals surface area contributed by atoms with Gasteiger partial charge in [0, 0.05) is 10.9 Å². The summed E-state index contributed by atoms with van der Waals surface area (Å²) in [7, 11) is 0. The van der Waals surface area contributed by atoms with E-state index in [2.05, 4.69) is 9.59 Å². The van der Waals surface area contributed by atoms with Crippen molar-refractivity contribution < 1.29 is 14.3 Å². The van der Waals surface area contributed by atoms with Gasteiger partial charge in [0.2, 0.25) is 6.79 Å². The minimum atomic E-state index is -0.110. The maximum absolute atomic E-state index is 11.9. The van der Waals surface area contributed by atoms with Crippen molar-refractivity contribution in [1.29, 1.82) is 0 Å². The van der Waals surface area contributed by atoms with Crippen LogP contribution in [0.4, 0.5) is 0 Å². The summed E-state index contributed by atoms with van der Waals surface area (Å²) in [5.74, 6) is 1.16. The molecule has 0 fully saturated rings. The Morgan fingerprint density at radius 2 is 2.22 bits per heavy atom. The van der Waals surface area contributed by atoms with Crippen molar-refractivity contribution >= 4 is 23.4 Å². The van der Waals surface area contributed by atoms with Crippen LogP contribution < -0.4 is 9.47 Å². The number of ketones is 1. The molecule has 6 heteroatoms. The second kappa shape index (κ2) is 4.58. The van der Waals surface area contributed by atoms with Crippen molar-refractivity contribution in [2.75, 3.05) is 6.79 Å². The number of fused-ring (bicyclic) bond motifs is 1. The Morgan fingerprint density at radius 3 is 3.06 bits per heavy atom. The topological polar surface area (TPSA) is 61.3 Å². The number of carbonyl (C=O) groups is 1. The fourth-order valence-corrected chi connectivity index (χ4v) is 1.97. The third-order valence-corrected chi connectivity index (χ3v) is 2.96. The van der Waals surface area contributed by atoms with Crippen LogP contribution in [0.2, 0.25) is 0 Å². The third-order valence-electron chi connectivity index (χ3n) is 2.44. The van der Waals surface area contributed by atoms with Crippen LogP contribution in [0, 0.1) is 0 Å². The fraction of sp³-hybridized carbons (Fsp3) is 0.0833. The van der Waals surface area contributed by atoms with Gasteiger partial charge < -0.3 is 9.47 Å². The molecule has 90 valence electrons. The van der Waals surface area contributed by atoms with Gasteiger partial charge in [0.25, 0.3) is 0 Å². The Kier molecular flexibility index (Phi) is 2.77. The molecule has 0 saturated carbocycles. The van der Waals surface area contributed by atoms with Gasteiger partial charge in [0.05, 0.1) is 5.69 Å². The molecule has 0 unspecified atom stereocenters. The van der Waals surface area contributed by atoms with Crippen LogP contribution in [-0.4, -0.2) is 22.2 Å². The first-order valence-corrected chi connectivity index (χ1v) is 6.06. The monoisotopic (exact) mass is 260 g/mol. The first-order valence-electron chi connectivity index (χ1n) is 5.22. The van der Waals surface area contributed by atoms with Crippen molar-refractivity contribution in [2.45, 2.75) is 0 Å². The highest BCUT2D eigenvalue weighted by molar-refractivity contribution is 7.03. The van der Waals surface area contributed by atoms with Gasteiger partial charge in [-0.15, -0.1) is 5.10 Å². The van der Waals surface area contributed by atoms with E-state index in [1.54, 1.807) is 29.7 Å².